The Kier molecular flexibility index (Phi) is 3.26. The van der Waals surface area contributed by atoms with Gasteiger partial charge in [-0.2, -0.15) is 0 Å². The van der Waals surface area contributed by atoms with Crippen LogP contribution in [0.15, 0.2) is 0 Å². The van der Waals surface area contributed by atoms with Gasteiger partial charge in [0.1, 0.15) is 0 Å². The number of hydrogen-bond acceptors (Lipinski definition) is 4. The summed E-state index contributed by atoms with van der Waals surface area (Å²) in [5.41, 5.74) is 0. The quantitative estimate of drug-likeness (QED) is 0.448. The SMILES string of the molecule is CN1CC(CO)NCC1CO. The molecule has 0 spiro atoms. The van der Waals surface area contributed by atoms with Gasteiger partial charge < -0.3 is 15.5 Å². The maximum Gasteiger partial charge on any atom is 0.0599 e. The smallest absolute Gasteiger partial charge is 0.0599 e. The van der Waals surface area contributed by atoms with Crippen molar-refractivity contribution in [1.29, 1.82) is 0 Å². The zero-order valence-corrected chi connectivity index (χ0v) is 6.82. The van der Waals surface area contributed by atoms with Gasteiger partial charge in [0.15, 0.2) is 0 Å². The molecule has 0 radical (unpaired) electrons. The highest BCUT2D eigenvalue weighted by Crippen LogP contribution is 2.02. The Morgan fingerprint density at radius 2 is 2.18 bits per heavy atom. The number of nitrogens with zero attached hydrogens (tertiary/aromatic N) is 1. The minimum Gasteiger partial charge on any atom is -0.395 e. The normalized spacial score (nSPS) is 34.1. The van der Waals surface area contributed by atoms with Crippen molar-refractivity contribution in [2.75, 3.05) is 33.4 Å². The number of rotatable bonds is 2. The van der Waals surface area contributed by atoms with Crippen molar-refractivity contribution >= 4 is 0 Å². The van der Waals surface area contributed by atoms with Crippen LogP contribution in [0.1, 0.15) is 0 Å². The van der Waals surface area contributed by atoms with Gasteiger partial charge in [-0.15, -0.1) is 0 Å². The lowest BCUT2D eigenvalue weighted by Crippen LogP contribution is -2.57. The second-order valence-corrected chi connectivity index (χ2v) is 3.06. The van der Waals surface area contributed by atoms with E-state index in [0.29, 0.717) is 0 Å². The van der Waals surface area contributed by atoms with Crippen molar-refractivity contribution in [2.45, 2.75) is 12.1 Å². The Labute approximate surface area is 66.8 Å². The monoisotopic (exact) mass is 160 g/mol. The summed E-state index contributed by atoms with van der Waals surface area (Å²) < 4.78 is 0. The van der Waals surface area contributed by atoms with Gasteiger partial charge in [0.05, 0.1) is 13.2 Å². The van der Waals surface area contributed by atoms with Gasteiger partial charge >= 0.3 is 0 Å². The fourth-order valence-electron chi connectivity index (χ4n) is 1.35. The van der Waals surface area contributed by atoms with Gasteiger partial charge in [0.25, 0.3) is 0 Å². The van der Waals surface area contributed by atoms with E-state index in [1.165, 1.54) is 0 Å². The van der Waals surface area contributed by atoms with E-state index in [0.717, 1.165) is 13.1 Å². The molecule has 0 bridgehead atoms. The van der Waals surface area contributed by atoms with Crippen molar-refractivity contribution in [2.24, 2.45) is 0 Å². The third kappa shape index (κ3) is 2.13. The van der Waals surface area contributed by atoms with Gasteiger partial charge in [-0.1, -0.05) is 0 Å². The number of likely N-dealkylation sites (N-methyl/N-ethyl adjacent to an activating group) is 1. The standard InChI is InChI=1S/C7H16N2O2/c1-9-3-6(4-10)8-2-7(9)5-11/h6-8,10-11H,2-5H2,1H3. The summed E-state index contributed by atoms with van der Waals surface area (Å²) in [5.74, 6) is 0. The van der Waals surface area contributed by atoms with Crippen LogP contribution in [0, 0.1) is 0 Å². The lowest BCUT2D eigenvalue weighted by molar-refractivity contribution is 0.0843. The summed E-state index contributed by atoms with van der Waals surface area (Å²) in [7, 11) is 1.96. The van der Waals surface area contributed by atoms with Crippen LogP contribution in [0.5, 0.6) is 0 Å². The molecule has 1 aliphatic rings. The van der Waals surface area contributed by atoms with Crippen molar-refractivity contribution in [3.63, 3.8) is 0 Å². The number of aliphatic hydroxyl groups is 2. The third-order valence-electron chi connectivity index (χ3n) is 2.21. The summed E-state index contributed by atoms with van der Waals surface area (Å²) in [6.07, 6.45) is 0. The van der Waals surface area contributed by atoms with Gasteiger partial charge in [0.2, 0.25) is 0 Å². The van der Waals surface area contributed by atoms with Gasteiger partial charge in [-0.3, -0.25) is 4.90 Å². The number of hydrogen-bond donors (Lipinski definition) is 3. The lowest BCUT2D eigenvalue weighted by Gasteiger charge is -2.36. The van der Waals surface area contributed by atoms with E-state index in [9.17, 15) is 0 Å². The molecule has 2 unspecified atom stereocenters. The molecular formula is C7H16N2O2. The average molecular weight is 160 g/mol. The number of aliphatic hydroxyl groups excluding tert-OH is 2. The molecule has 1 heterocycles. The van der Waals surface area contributed by atoms with Crippen LogP contribution in [0.2, 0.25) is 0 Å². The maximum absolute atomic E-state index is 8.88. The second kappa shape index (κ2) is 4.01. The largest absolute Gasteiger partial charge is 0.395 e. The molecule has 4 nitrogen and oxygen atoms in total. The molecule has 0 saturated carbocycles. The molecule has 3 N–H and O–H groups in total. The summed E-state index contributed by atoms with van der Waals surface area (Å²) in [5, 5.41) is 20.8. The fourth-order valence-corrected chi connectivity index (χ4v) is 1.35. The summed E-state index contributed by atoms with van der Waals surface area (Å²) in [4.78, 5) is 2.07. The van der Waals surface area contributed by atoms with Crippen LogP contribution in [0.3, 0.4) is 0 Å². The van der Waals surface area contributed by atoms with E-state index < -0.39 is 0 Å². The highest BCUT2D eigenvalue weighted by Gasteiger charge is 2.23. The molecule has 11 heavy (non-hydrogen) atoms. The predicted octanol–water partition coefficient (Wildman–Crippen LogP) is -1.76. The Bertz CT molecular complexity index is 121. The summed E-state index contributed by atoms with van der Waals surface area (Å²) >= 11 is 0. The van der Waals surface area contributed by atoms with Crippen molar-refractivity contribution in [3.05, 3.63) is 0 Å². The van der Waals surface area contributed by atoms with Crippen LogP contribution in [-0.4, -0.2) is 60.5 Å². The third-order valence-corrected chi connectivity index (χ3v) is 2.21. The highest BCUT2D eigenvalue weighted by atomic mass is 16.3. The average Bonchev–Trinajstić information content (AvgIpc) is 2.04. The topological polar surface area (TPSA) is 55.7 Å². The molecule has 2 atom stereocenters. The first-order valence-electron chi connectivity index (χ1n) is 3.93. The Morgan fingerprint density at radius 3 is 2.64 bits per heavy atom. The molecular weight excluding hydrogens is 144 g/mol. The fraction of sp³-hybridized carbons (Fsp3) is 1.00. The van der Waals surface area contributed by atoms with Crippen LogP contribution >= 0.6 is 0 Å². The van der Waals surface area contributed by atoms with E-state index in [4.69, 9.17) is 10.2 Å². The van der Waals surface area contributed by atoms with Crippen molar-refractivity contribution in [1.82, 2.24) is 10.2 Å². The zero-order chi connectivity index (χ0) is 8.27. The minimum absolute atomic E-state index is 0.169. The molecule has 0 aromatic heterocycles. The zero-order valence-electron chi connectivity index (χ0n) is 6.82. The molecule has 1 saturated heterocycles. The first-order valence-corrected chi connectivity index (χ1v) is 3.93. The minimum atomic E-state index is 0.169. The first-order chi connectivity index (χ1) is 5.27. The Balaban J connectivity index is 2.34. The number of nitrogens with one attached hydrogen (secondary N) is 1. The maximum atomic E-state index is 8.88. The van der Waals surface area contributed by atoms with E-state index in [1.54, 1.807) is 0 Å². The molecule has 4 heteroatoms. The molecule has 0 aromatic rings. The van der Waals surface area contributed by atoms with Crippen LogP contribution in [0.25, 0.3) is 0 Å². The van der Waals surface area contributed by atoms with Crippen molar-refractivity contribution in [3.8, 4) is 0 Å². The van der Waals surface area contributed by atoms with Crippen molar-refractivity contribution < 1.29 is 10.2 Å². The van der Waals surface area contributed by atoms with Crippen LogP contribution < -0.4 is 5.32 Å². The molecule has 0 aromatic carbocycles. The van der Waals surface area contributed by atoms with E-state index in [1.807, 2.05) is 7.05 Å². The molecule has 66 valence electrons. The van der Waals surface area contributed by atoms with E-state index in [-0.39, 0.29) is 25.3 Å². The Morgan fingerprint density at radius 1 is 1.45 bits per heavy atom. The molecule has 0 aliphatic carbocycles. The molecule has 1 fully saturated rings. The first kappa shape index (κ1) is 8.93. The predicted molar refractivity (Wildman–Crippen MR) is 42.4 cm³/mol. The van der Waals surface area contributed by atoms with Crippen LogP contribution in [0.4, 0.5) is 0 Å². The highest BCUT2D eigenvalue weighted by molar-refractivity contribution is 4.83. The lowest BCUT2D eigenvalue weighted by atomic mass is 10.1. The number of piperazine rings is 1. The molecule has 1 rings (SSSR count). The van der Waals surface area contributed by atoms with Crippen LogP contribution in [-0.2, 0) is 0 Å². The van der Waals surface area contributed by atoms with E-state index >= 15 is 0 Å². The van der Waals surface area contributed by atoms with Gasteiger partial charge in [0, 0.05) is 25.2 Å². The molecule has 1 aliphatic heterocycles. The van der Waals surface area contributed by atoms with Gasteiger partial charge in [-0.05, 0) is 7.05 Å². The summed E-state index contributed by atoms with van der Waals surface area (Å²) in [6.45, 7) is 1.92. The Hall–Kier alpha value is -0.160. The van der Waals surface area contributed by atoms with Gasteiger partial charge in [-0.25, -0.2) is 0 Å². The summed E-state index contributed by atoms with van der Waals surface area (Å²) in [6, 6.07) is 0.376. The molecule has 0 amide bonds. The second-order valence-electron chi connectivity index (χ2n) is 3.06. The van der Waals surface area contributed by atoms with E-state index in [2.05, 4.69) is 10.2 Å².